The van der Waals surface area contributed by atoms with E-state index in [4.69, 9.17) is 5.11 Å². The summed E-state index contributed by atoms with van der Waals surface area (Å²) in [7, 11) is 0. The summed E-state index contributed by atoms with van der Waals surface area (Å²) in [5.74, 6) is -1.60. The van der Waals surface area contributed by atoms with Crippen LogP contribution in [0.1, 0.15) is 13.8 Å². The Bertz CT molecular complexity index is 267. The van der Waals surface area contributed by atoms with Gasteiger partial charge in [0.2, 0.25) is 5.91 Å². The Morgan fingerprint density at radius 1 is 1.25 bits per heavy atom. The van der Waals surface area contributed by atoms with E-state index in [1.54, 1.807) is 13.8 Å². The minimum absolute atomic E-state index is 0.151. The molecule has 7 heteroatoms. The van der Waals surface area contributed by atoms with E-state index in [9.17, 15) is 14.4 Å². The van der Waals surface area contributed by atoms with Gasteiger partial charge in [0.1, 0.15) is 0 Å². The molecule has 0 aromatic carbocycles. The maximum atomic E-state index is 11.2. The first-order valence-electron chi connectivity index (χ1n) is 4.90. The van der Waals surface area contributed by atoms with Crippen molar-refractivity contribution in [2.45, 2.75) is 13.8 Å². The lowest BCUT2D eigenvalue weighted by Gasteiger charge is -2.16. The number of imide groups is 1. The van der Waals surface area contributed by atoms with E-state index in [1.165, 1.54) is 4.90 Å². The molecule has 0 heterocycles. The van der Waals surface area contributed by atoms with Crippen LogP contribution in [0.25, 0.3) is 0 Å². The van der Waals surface area contributed by atoms with Gasteiger partial charge in [-0.25, -0.2) is 4.79 Å². The SMILES string of the molecule is CCOC(=O)NC(=O)CN(CC)CC(=O)O. The van der Waals surface area contributed by atoms with Crippen molar-refractivity contribution in [3.05, 3.63) is 0 Å². The third kappa shape index (κ3) is 6.77. The largest absolute Gasteiger partial charge is 0.480 e. The highest BCUT2D eigenvalue weighted by Gasteiger charge is 2.14. The van der Waals surface area contributed by atoms with Gasteiger partial charge in [-0.3, -0.25) is 19.8 Å². The first-order valence-corrected chi connectivity index (χ1v) is 4.90. The number of carbonyl (C=O) groups is 3. The Kier molecular flexibility index (Phi) is 6.86. The van der Waals surface area contributed by atoms with Crippen molar-refractivity contribution in [3.63, 3.8) is 0 Å². The molecule has 2 amide bonds. The lowest BCUT2D eigenvalue weighted by atomic mass is 10.4. The second kappa shape index (κ2) is 7.63. The average Bonchev–Trinajstić information content (AvgIpc) is 2.15. The molecule has 0 aromatic heterocycles. The van der Waals surface area contributed by atoms with Crippen LogP contribution in [0.5, 0.6) is 0 Å². The van der Waals surface area contributed by atoms with Gasteiger partial charge in [-0.05, 0) is 13.5 Å². The van der Waals surface area contributed by atoms with Crippen LogP contribution in [-0.4, -0.2) is 54.2 Å². The van der Waals surface area contributed by atoms with Gasteiger partial charge in [0.05, 0.1) is 19.7 Å². The van der Waals surface area contributed by atoms with Crippen molar-refractivity contribution in [1.82, 2.24) is 10.2 Å². The first-order chi connectivity index (χ1) is 7.49. The third-order valence-corrected chi connectivity index (χ3v) is 1.69. The summed E-state index contributed by atoms with van der Waals surface area (Å²) in [6.07, 6.45) is -0.820. The molecule has 0 saturated heterocycles. The molecular weight excluding hydrogens is 216 g/mol. The highest BCUT2D eigenvalue weighted by molar-refractivity contribution is 5.93. The van der Waals surface area contributed by atoms with Crippen LogP contribution in [0.4, 0.5) is 4.79 Å². The van der Waals surface area contributed by atoms with Crippen LogP contribution < -0.4 is 5.32 Å². The number of nitrogens with zero attached hydrogens (tertiary/aromatic N) is 1. The van der Waals surface area contributed by atoms with Gasteiger partial charge in [-0.2, -0.15) is 0 Å². The Labute approximate surface area is 93.4 Å². The molecule has 0 aliphatic carbocycles. The fraction of sp³-hybridized carbons (Fsp3) is 0.667. The van der Waals surface area contributed by atoms with Crippen LogP contribution in [0.3, 0.4) is 0 Å². The number of nitrogens with one attached hydrogen (secondary N) is 1. The molecule has 0 aromatic rings. The topological polar surface area (TPSA) is 95.9 Å². The summed E-state index contributed by atoms with van der Waals surface area (Å²) in [6.45, 7) is 3.52. The zero-order valence-electron chi connectivity index (χ0n) is 9.36. The van der Waals surface area contributed by atoms with Crippen LogP contribution >= 0.6 is 0 Å². The maximum absolute atomic E-state index is 11.2. The zero-order valence-corrected chi connectivity index (χ0v) is 9.36. The number of likely N-dealkylation sites (N-methyl/N-ethyl adjacent to an activating group) is 1. The highest BCUT2D eigenvalue weighted by Crippen LogP contribution is 1.88. The predicted octanol–water partition coefficient (Wildman–Crippen LogP) is -0.334. The van der Waals surface area contributed by atoms with Gasteiger partial charge in [0.25, 0.3) is 0 Å². The minimum Gasteiger partial charge on any atom is -0.480 e. The van der Waals surface area contributed by atoms with Gasteiger partial charge >= 0.3 is 12.1 Å². The van der Waals surface area contributed by atoms with E-state index < -0.39 is 18.0 Å². The van der Waals surface area contributed by atoms with Crippen molar-refractivity contribution in [2.24, 2.45) is 0 Å². The fourth-order valence-corrected chi connectivity index (χ4v) is 0.994. The van der Waals surface area contributed by atoms with E-state index >= 15 is 0 Å². The van der Waals surface area contributed by atoms with Gasteiger partial charge in [0.15, 0.2) is 0 Å². The number of amides is 2. The van der Waals surface area contributed by atoms with E-state index in [1.807, 2.05) is 5.32 Å². The summed E-state index contributed by atoms with van der Waals surface area (Å²) in [5.41, 5.74) is 0. The zero-order chi connectivity index (χ0) is 12.6. The van der Waals surface area contributed by atoms with Gasteiger partial charge in [-0.15, -0.1) is 0 Å². The minimum atomic E-state index is -1.02. The Morgan fingerprint density at radius 2 is 1.88 bits per heavy atom. The van der Waals surface area contributed by atoms with E-state index in [0.29, 0.717) is 6.54 Å². The summed E-state index contributed by atoms with van der Waals surface area (Å²) in [5, 5.41) is 10.5. The molecule has 16 heavy (non-hydrogen) atoms. The molecule has 2 N–H and O–H groups in total. The molecule has 0 fully saturated rings. The molecule has 0 radical (unpaired) electrons. The quantitative estimate of drug-likeness (QED) is 0.650. The van der Waals surface area contributed by atoms with Crippen LogP contribution in [0.2, 0.25) is 0 Å². The van der Waals surface area contributed by atoms with Crippen molar-refractivity contribution in [2.75, 3.05) is 26.2 Å². The number of aliphatic carboxylic acids is 1. The molecule has 0 unspecified atom stereocenters. The highest BCUT2D eigenvalue weighted by atomic mass is 16.5. The lowest BCUT2D eigenvalue weighted by Crippen LogP contribution is -2.42. The van der Waals surface area contributed by atoms with E-state index in [-0.39, 0.29) is 19.7 Å². The summed E-state index contributed by atoms with van der Waals surface area (Å²) < 4.78 is 4.50. The molecule has 0 aliphatic heterocycles. The maximum Gasteiger partial charge on any atom is 0.413 e. The smallest absolute Gasteiger partial charge is 0.413 e. The summed E-state index contributed by atoms with van der Waals surface area (Å²) in [6, 6.07) is 0. The number of hydrogen-bond donors (Lipinski definition) is 2. The first kappa shape index (κ1) is 14.4. The van der Waals surface area contributed by atoms with E-state index in [2.05, 4.69) is 4.74 Å². The molecule has 7 nitrogen and oxygen atoms in total. The Hall–Kier alpha value is -1.63. The fourth-order valence-electron chi connectivity index (χ4n) is 0.994. The monoisotopic (exact) mass is 232 g/mol. The predicted molar refractivity (Wildman–Crippen MR) is 54.9 cm³/mol. The molecule has 0 bridgehead atoms. The molecule has 0 saturated carbocycles. The van der Waals surface area contributed by atoms with E-state index in [0.717, 1.165) is 0 Å². The summed E-state index contributed by atoms with van der Waals surface area (Å²) in [4.78, 5) is 33.9. The van der Waals surface area contributed by atoms with Crippen molar-refractivity contribution < 1.29 is 24.2 Å². The Morgan fingerprint density at radius 3 is 2.31 bits per heavy atom. The second-order valence-corrected chi connectivity index (χ2v) is 2.97. The number of carboxylic acid groups (broad SMARTS) is 1. The third-order valence-electron chi connectivity index (χ3n) is 1.69. The molecule has 0 atom stereocenters. The molecule has 92 valence electrons. The molecule has 0 spiro atoms. The lowest BCUT2D eigenvalue weighted by molar-refractivity contribution is -0.138. The van der Waals surface area contributed by atoms with Gasteiger partial charge in [-0.1, -0.05) is 6.92 Å². The normalized spacial score (nSPS) is 9.94. The Balaban J connectivity index is 4.00. The van der Waals surface area contributed by atoms with Crippen LogP contribution in [0, 0.1) is 0 Å². The molecule has 0 rings (SSSR count). The van der Waals surface area contributed by atoms with Crippen LogP contribution in [-0.2, 0) is 14.3 Å². The van der Waals surface area contributed by atoms with Gasteiger partial charge < -0.3 is 9.84 Å². The van der Waals surface area contributed by atoms with Crippen molar-refractivity contribution in [3.8, 4) is 0 Å². The number of carboxylic acids is 1. The number of rotatable bonds is 6. The molecule has 0 aliphatic rings. The number of hydrogen-bond acceptors (Lipinski definition) is 5. The summed E-state index contributed by atoms with van der Waals surface area (Å²) >= 11 is 0. The van der Waals surface area contributed by atoms with Crippen molar-refractivity contribution in [1.29, 1.82) is 0 Å². The van der Waals surface area contributed by atoms with Crippen molar-refractivity contribution >= 4 is 18.0 Å². The second-order valence-electron chi connectivity index (χ2n) is 2.97. The standard InChI is InChI=1S/C9H16N2O5/c1-3-11(6-8(13)14)5-7(12)10-9(15)16-4-2/h3-6H2,1-2H3,(H,13,14)(H,10,12,15). The van der Waals surface area contributed by atoms with Crippen LogP contribution in [0.15, 0.2) is 0 Å². The average molecular weight is 232 g/mol. The number of alkyl carbamates (subject to hydrolysis) is 1. The molecular formula is C9H16N2O5. The number of ether oxygens (including phenoxy) is 1. The number of carbonyl (C=O) groups excluding carboxylic acids is 2. The van der Waals surface area contributed by atoms with Gasteiger partial charge in [0, 0.05) is 0 Å².